The van der Waals surface area contributed by atoms with Crippen molar-refractivity contribution in [1.29, 1.82) is 0 Å². The summed E-state index contributed by atoms with van der Waals surface area (Å²) in [5.41, 5.74) is -0.00649. The highest BCUT2D eigenvalue weighted by Crippen LogP contribution is 2.21. The van der Waals surface area contributed by atoms with Crippen molar-refractivity contribution in [3.8, 4) is 5.75 Å². The molecule has 1 saturated heterocycles. The van der Waals surface area contributed by atoms with Crippen molar-refractivity contribution in [2.75, 3.05) is 25.1 Å². The summed E-state index contributed by atoms with van der Waals surface area (Å²) in [6.07, 6.45) is -0.712. The van der Waals surface area contributed by atoms with E-state index in [2.05, 4.69) is 5.32 Å². The van der Waals surface area contributed by atoms with Gasteiger partial charge in [0.25, 0.3) is 5.91 Å². The normalized spacial score (nSPS) is 18.8. The fraction of sp³-hybridized carbons (Fsp3) is 0.333. The second kappa shape index (κ2) is 5.68. The molecular formula is C12H13NO6. The quantitative estimate of drug-likeness (QED) is 0.686. The minimum absolute atomic E-state index is 0.162. The first-order valence-electron chi connectivity index (χ1n) is 5.64. The third-order valence-electron chi connectivity index (χ3n) is 2.60. The Hall–Kier alpha value is -2.12. The van der Waals surface area contributed by atoms with Gasteiger partial charge in [-0.3, -0.25) is 4.79 Å². The van der Waals surface area contributed by atoms with Crippen molar-refractivity contribution in [2.24, 2.45) is 0 Å². The summed E-state index contributed by atoms with van der Waals surface area (Å²) in [7, 11) is 0. The first kappa shape index (κ1) is 13.3. The number of phenols is 1. The number of carboxylic acid groups (broad SMARTS) is 1. The Labute approximate surface area is 108 Å². The van der Waals surface area contributed by atoms with E-state index in [4.69, 9.17) is 14.6 Å². The minimum Gasteiger partial charge on any atom is -0.507 e. The highest BCUT2D eigenvalue weighted by molar-refractivity contribution is 5.97. The predicted octanol–water partition coefficient (Wildman–Crippen LogP) is 0.444. The Balaban J connectivity index is 2.08. The van der Waals surface area contributed by atoms with Crippen LogP contribution in [0.25, 0.3) is 0 Å². The number of amides is 1. The molecule has 102 valence electrons. The third kappa shape index (κ3) is 3.21. The van der Waals surface area contributed by atoms with E-state index in [9.17, 15) is 14.7 Å². The molecule has 0 saturated carbocycles. The average Bonchev–Trinajstić information content (AvgIpc) is 2.41. The van der Waals surface area contributed by atoms with Crippen molar-refractivity contribution < 1.29 is 29.3 Å². The van der Waals surface area contributed by atoms with E-state index in [1.54, 1.807) is 0 Å². The van der Waals surface area contributed by atoms with Crippen LogP contribution in [0.2, 0.25) is 0 Å². The Bertz CT molecular complexity index is 495. The molecule has 1 unspecified atom stereocenters. The molecule has 1 aromatic carbocycles. The summed E-state index contributed by atoms with van der Waals surface area (Å²) in [5.74, 6) is -2.05. The van der Waals surface area contributed by atoms with Crippen LogP contribution in [0.5, 0.6) is 5.75 Å². The molecule has 1 fully saturated rings. The highest BCUT2D eigenvalue weighted by atomic mass is 16.6. The van der Waals surface area contributed by atoms with E-state index in [0.717, 1.165) is 0 Å². The van der Waals surface area contributed by atoms with E-state index in [1.165, 1.54) is 18.2 Å². The monoisotopic (exact) mass is 267 g/mol. The standard InChI is InChI=1S/C12H13NO6/c14-9-2-1-7(5-8(9)12(16)17)13-11(15)10-6-18-3-4-19-10/h1-2,5,10,14H,3-4,6H2,(H,13,15)(H,16,17). The molecule has 1 atom stereocenters. The van der Waals surface area contributed by atoms with Crippen LogP contribution >= 0.6 is 0 Å². The van der Waals surface area contributed by atoms with Gasteiger partial charge in [0.1, 0.15) is 11.3 Å². The lowest BCUT2D eigenvalue weighted by Gasteiger charge is -2.22. The summed E-state index contributed by atoms with van der Waals surface area (Å²) in [6, 6.07) is 3.79. The summed E-state index contributed by atoms with van der Waals surface area (Å²) in [5, 5.41) is 20.7. The van der Waals surface area contributed by atoms with Crippen LogP contribution in [0.1, 0.15) is 10.4 Å². The van der Waals surface area contributed by atoms with Crippen molar-refractivity contribution in [1.82, 2.24) is 0 Å². The predicted molar refractivity (Wildman–Crippen MR) is 64.3 cm³/mol. The van der Waals surface area contributed by atoms with Crippen molar-refractivity contribution in [3.63, 3.8) is 0 Å². The fourth-order valence-corrected chi connectivity index (χ4v) is 1.65. The van der Waals surface area contributed by atoms with Crippen LogP contribution in [0.4, 0.5) is 5.69 Å². The average molecular weight is 267 g/mol. The number of aromatic carboxylic acids is 1. The van der Waals surface area contributed by atoms with Crippen molar-refractivity contribution in [2.45, 2.75) is 6.10 Å². The molecule has 2 rings (SSSR count). The maximum Gasteiger partial charge on any atom is 0.339 e. The summed E-state index contributed by atoms with van der Waals surface area (Å²) in [4.78, 5) is 22.7. The molecular weight excluding hydrogens is 254 g/mol. The first-order valence-corrected chi connectivity index (χ1v) is 5.64. The van der Waals surface area contributed by atoms with E-state index in [-0.39, 0.29) is 23.6 Å². The van der Waals surface area contributed by atoms with E-state index in [0.29, 0.717) is 13.2 Å². The van der Waals surface area contributed by atoms with Crippen LogP contribution in [0.15, 0.2) is 18.2 Å². The summed E-state index contributed by atoms with van der Waals surface area (Å²) < 4.78 is 10.3. The molecule has 7 nitrogen and oxygen atoms in total. The number of carbonyl (C=O) groups is 2. The van der Waals surface area contributed by atoms with Gasteiger partial charge in [0.15, 0.2) is 6.10 Å². The lowest BCUT2D eigenvalue weighted by molar-refractivity contribution is -0.142. The topological polar surface area (TPSA) is 105 Å². The zero-order valence-electron chi connectivity index (χ0n) is 9.96. The fourth-order valence-electron chi connectivity index (χ4n) is 1.65. The van der Waals surface area contributed by atoms with E-state index < -0.39 is 18.0 Å². The summed E-state index contributed by atoms with van der Waals surface area (Å²) in [6.45, 7) is 0.954. The van der Waals surface area contributed by atoms with Gasteiger partial charge in [-0.05, 0) is 18.2 Å². The second-order valence-corrected chi connectivity index (χ2v) is 3.96. The largest absolute Gasteiger partial charge is 0.507 e. The molecule has 1 heterocycles. The first-order chi connectivity index (χ1) is 9.08. The number of aromatic hydroxyl groups is 1. The zero-order valence-corrected chi connectivity index (χ0v) is 9.96. The van der Waals surface area contributed by atoms with Gasteiger partial charge in [0.05, 0.1) is 19.8 Å². The van der Waals surface area contributed by atoms with Crippen LogP contribution in [-0.4, -0.2) is 48.0 Å². The van der Waals surface area contributed by atoms with Crippen LogP contribution in [0, 0.1) is 0 Å². The Morgan fingerprint density at radius 2 is 2.11 bits per heavy atom. The number of anilines is 1. The molecule has 1 aliphatic rings. The van der Waals surface area contributed by atoms with Gasteiger partial charge in [0, 0.05) is 5.69 Å². The molecule has 0 radical (unpaired) electrons. The maximum atomic E-state index is 11.8. The Morgan fingerprint density at radius 1 is 1.32 bits per heavy atom. The lowest BCUT2D eigenvalue weighted by Crippen LogP contribution is -2.39. The van der Waals surface area contributed by atoms with Gasteiger partial charge in [0.2, 0.25) is 0 Å². The van der Waals surface area contributed by atoms with Gasteiger partial charge < -0.3 is 25.0 Å². The molecule has 0 aromatic heterocycles. The van der Waals surface area contributed by atoms with Crippen LogP contribution in [0.3, 0.4) is 0 Å². The van der Waals surface area contributed by atoms with Crippen LogP contribution in [-0.2, 0) is 14.3 Å². The molecule has 3 N–H and O–H groups in total. The number of nitrogens with one attached hydrogen (secondary N) is 1. The number of hydrogen-bond acceptors (Lipinski definition) is 5. The summed E-state index contributed by atoms with van der Waals surface area (Å²) >= 11 is 0. The van der Waals surface area contributed by atoms with Gasteiger partial charge in [-0.25, -0.2) is 4.79 Å². The number of hydrogen-bond donors (Lipinski definition) is 3. The molecule has 0 bridgehead atoms. The van der Waals surface area contributed by atoms with Gasteiger partial charge in [-0.15, -0.1) is 0 Å². The molecule has 19 heavy (non-hydrogen) atoms. The second-order valence-electron chi connectivity index (χ2n) is 3.96. The SMILES string of the molecule is O=C(O)c1cc(NC(=O)C2COCCO2)ccc1O. The zero-order chi connectivity index (χ0) is 13.8. The Morgan fingerprint density at radius 3 is 2.74 bits per heavy atom. The Kier molecular flexibility index (Phi) is 3.98. The number of ether oxygens (including phenoxy) is 2. The van der Waals surface area contributed by atoms with Gasteiger partial charge in [-0.1, -0.05) is 0 Å². The third-order valence-corrected chi connectivity index (χ3v) is 2.60. The van der Waals surface area contributed by atoms with Gasteiger partial charge in [-0.2, -0.15) is 0 Å². The maximum absolute atomic E-state index is 11.8. The number of carbonyl (C=O) groups excluding carboxylic acids is 1. The number of rotatable bonds is 3. The molecule has 1 amide bonds. The highest BCUT2D eigenvalue weighted by Gasteiger charge is 2.23. The molecule has 0 aliphatic carbocycles. The smallest absolute Gasteiger partial charge is 0.339 e. The molecule has 1 aliphatic heterocycles. The van der Waals surface area contributed by atoms with Crippen molar-refractivity contribution >= 4 is 17.6 Å². The molecule has 1 aromatic rings. The number of carboxylic acids is 1. The molecule has 7 heteroatoms. The molecule has 0 spiro atoms. The van der Waals surface area contributed by atoms with Crippen molar-refractivity contribution in [3.05, 3.63) is 23.8 Å². The van der Waals surface area contributed by atoms with Crippen LogP contribution < -0.4 is 5.32 Å². The number of benzene rings is 1. The van der Waals surface area contributed by atoms with E-state index in [1.807, 2.05) is 0 Å². The van der Waals surface area contributed by atoms with Gasteiger partial charge >= 0.3 is 5.97 Å². The minimum atomic E-state index is -1.27. The van der Waals surface area contributed by atoms with E-state index >= 15 is 0 Å². The lowest BCUT2D eigenvalue weighted by atomic mass is 10.1.